The highest BCUT2D eigenvalue weighted by molar-refractivity contribution is 5.37. The van der Waals surface area contributed by atoms with Gasteiger partial charge in [0.2, 0.25) is 0 Å². The quantitative estimate of drug-likeness (QED) is 0.815. The molecule has 1 fully saturated rings. The van der Waals surface area contributed by atoms with Gasteiger partial charge in [-0.15, -0.1) is 0 Å². The summed E-state index contributed by atoms with van der Waals surface area (Å²) in [5.41, 5.74) is 1.38. The van der Waals surface area contributed by atoms with Crippen molar-refractivity contribution in [2.24, 2.45) is 5.92 Å². The number of piperidine rings is 1. The molecule has 3 rings (SSSR count). The summed E-state index contributed by atoms with van der Waals surface area (Å²) in [6, 6.07) is 8.48. The van der Waals surface area contributed by atoms with Crippen LogP contribution in [-0.4, -0.2) is 43.7 Å². The van der Waals surface area contributed by atoms with Crippen LogP contribution in [0.15, 0.2) is 24.3 Å². The summed E-state index contributed by atoms with van der Waals surface area (Å²) in [6.07, 6.45) is 5.36. The fraction of sp³-hybridized carbons (Fsp3) is 0.667. The van der Waals surface area contributed by atoms with Gasteiger partial charge in [-0.3, -0.25) is 4.90 Å². The van der Waals surface area contributed by atoms with Gasteiger partial charge in [0.25, 0.3) is 0 Å². The van der Waals surface area contributed by atoms with Gasteiger partial charge < -0.3 is 10.1 Å². The maximum Gasteiger partial charge on any atom is 0.123 e. The van der Waals surface area contributed by atoms with Crippen LogP contribution in [0.2, 0.25) is 0 Å². The Hall–Kier alpha value is -1.06. The number of rotatable bonds is 6. The Morgan fingerprint density at radius 3 is 3.10 bits per heavy atom. The predicted octanol–water partition coefficient (Wildman–Crippen LogP) is 2.70. The molecule has 1 aromatic rings. The number of hydrogen-bond donors (Lipinski definition) is 1. The monoisotopic (exact) mass is 288 g/mol. The number of ether oxygens (including phenoxy) is 1. The van der Waals surface area contributed by atoms with Crippen LogP contribution in [0, 0.1) is 5.92 Å². The highest BCUT2D eigenvalue weighted by Gasteiger charge is 2.27. The number of para-hydroxylation sites is 1. The van der Waals surface area contributed by atoms with Crippen LogP contribution in [0.3, 0.4) is 0 Å². The zero-order valence-corrected chi connectivity index (χ0v) is 13.2. The molecule has 0 amide bonds. The van der Waals surface area contributed by atoms with E-state index in [2.05, 4.69) is 41.4 Å². The van der Waals surface area contributed by atoms with Gasteiger partial charge in [0, 0.05) is 19.5 Å². The van der Waals surface area contributed by atoms with Gasteiger partial charge >= 0.3 is 0 Å². The first-order valence-corrected chi connectivity index (χ1v) is 8.52. The molecule has 3 nitrogen and oxygen atoms in total. The molecule has 2 atom stereocenters. The van der Waals surface area contributed by atoms with Crippen molar-refractivity contribution in [3.63, 3.8) is 0 Å². The van der Waals surface area contributed by atoms with E-state index in [4.69, 9.17) is 4.74 Å². The molecule has 2 aliphatic heterocycles. The number of fused-ring (bicyclic) bond motifs is 1. The summed E-state index contributed by atoms with van der Waals surface area (Å²) >= 11 is 0. The fourth-order valence-corrected chi connectivity index (χ4v) is 3.61. The Morgan fingerprint density at radius 1 is 1.33 bits per heavy atom. The molecule has 0 spiro atoms. The third-order valence-corrected chi connectivity index (χ3v) is 4.64. The lowest BCUT2D eigenvalue weighted by molar-refractivity contribution is 0.110. The number of nitrogens with zero attached hydrogens (tertiary/aromatic N) is 1. The molecule has 0 saturated carbocycles. The summed E-state index contributed by atoms with van der Waals surface area (Å²) in [5.74, 6) is 1.91. The van der Waals surface area contributed by atoms with E-state index in [1.165, 1.54) is 44.5 Å². The van der Waals surface area contributed by atoms with Gasteiger partial charge in [-0.2, -0.15) is 0 Å². The van der Waals surface area contributed by atoms with E-state index in [1.807, 2.05) is 0 Å². The second-order valence-corrected chi connectivity index (χ2v) is 6.52. The zero-order valence-electron chi connectivity index (χ0n) is 13.2. The van der Waals surface area contributed by atoms with Crippen molar-refractivity contribution >= 4 is 0 Å². The van der Waals surface area contributed by atoms with Crippen LogP contribution < -0.4 is 10.1 Å². The van der Waals surface area contributed by atoms with Crippen LogP contribution in [-0.2, 0) is 6.42 Å². The molecular weight excluding hydrogens is 260 g/mol. The van der Waals surface area contributed by atoms with Gasteiger partial charge in [-0.1, -0.05) is 25.1 Å². The number of likely N-dealkylation sites (tertiary alicyclic amines) is 1. The van der Waals surface area contributed by atoms with Crippen LogP contribution in [0.4, 0.5) is 0 Å². The van der Waals surface area contributed by atoms with Crippen LogP contribution >= 0.6 is 0 Å². The highest BCUT2D eigenvalue weighted by Crippen LogP contribution is 2.29. The standard InChI is InChI=1S/C18H28N2O/c1-2-9-19-12-15-6-5-10-20(13-15)14-17-11-16-7-3-4-8-18(16)21-17/h3-4,7-8,15,17,19H,2,5-6,9-14H2,1H3. The van der Waals surface area contributed by atoms with Gasteiger partial charge in [-0.05, 0) is 56.4 Å². The van der Waals surface area contributed by atoms with E-state index in [1.54, 1.807) is 0 Å². The van der Waals surface area contributed by atoms with Crippen LogP contribution in [0.25, 0.3) is 0 Å². The smallest absolute Gasteiger partial charge is 0.123 e. The minimum absolute atomic E-state index is 0.352. The molecule has 2 heterocycles. The second kappa shape index (κ2) is 7.28. The van der Waals surface area contributed by atoms with Gasteiger partial charge in [0.15, 0.2) is 0 Å². The summed E-state index contributed by atoms with van der Waals surface area (Å²) < 4.78 is 6.09. The Kier molecular flexibility index (Phi) is 5.15. The third kappa shape index (κ3) is 3.98. The van der Waals surface area contributed by atoms with Crippen LogP contribution in [0.5, 0.6) is 5.75 Å². The zero-order chi connectivity index (χ0) is 14.5. The molecule has 1 N–H and O–H groups in total. The van der Waals surface area contributed by atoms with E-state index in [-0.39, 0.29) is 0 Å². The normalized spacial score (nSPS) is 25.6. The number of nitrogens with one attached hydrogen (secondary N) is 1. The molecule has 0 bridgehead atoms. The SMILES string of the molecule is CCCNCC1CCCN(CC2Cc3ccccc3O2)C1. The van der Waals surface area contributed by atoms with Crippen molar-refractivity contribution in [3.05, 3.63) is 29.8 Å². The first-order valence-electron chi connectivity index (χ1n) is 8.52. The average molecular weight is 288 g/mol. The number of benzene rings is 1. The molecule has 0 aromatic heterocycles. The molecular formula is C18H28N2O. The van der Waals surface area contributed by atoms with Crippen LogP contribution in [0.1, 0.15) is 31.7 Å². The summed E-state index contributed by atoms with van der Waals surface area (Å²) in [7, 11) is 0. The van der Waals surface area contributed by atoms with Gasteiger partial charge in [-0.25, -0.2) is 0 Å². The predicted molar refractivity (Wildman–Crippen MR) is 86.9 cm³/mol. The first-order chi connectivity index (χ1) is 10.3. The lowest BCUT2D eigenvalue weighted by Gasteiger charge is -2.34. The second-order valence-electron chi connectivity index (χ2n) is 6.52. The Bertz CT molecular complexity index is 424. The molecule has 0 aliphatic carbocycles. The van der Waals surface area contributed by atoms with Crippen molar-refractivity contribution in [1.82, 2.24) is 10.2 Å². The summed E-state index contributed by atoms with van der Waals surface area (Å²) in [5, 5.41) is 3.58. The van der Waals surface area contributed by atoms with Crippen molar-refractivity contribution in [1.29, 1.82) is 0 Å². The van der Waals surface area contributed by atoms with Gasteiger partial charge in [0.05, 0.1) is 0 Å². The lowest BCUT2D eigenvalue weighted by Crippen LogP contribution is -2.43. The molecule has 2 aliphatic rings. The van der Waals surface area contributed by atoms with E-state index < -0.39 is 0 Å². The maximum absolute atomic E-state index is 6.09. The fourth-order valence-electron chi connectivity index (χ4n) is 3.61. The van der Waals surface area contributed by atoms with Gasteiger partial charge in [0.1, 0.15) is 11.9 Å². The molecule has 0 radical (unpaired) electrons. The molecule has 3 heteroatoms. The average Bonchev–Trinajstić information content (AvgIpc) is 2.90. The van der Waals surface area contributed by atoms with Crippen molar-refractivity contribution in [2.75, 3.05) is 32.7 Å². The van der Waals surface area contributed by atoms with Crippen molar-refractivity contribution < 1.29 is 4.74 Å². The third-order valence-electron chi connectivity index (χ3n) is 4.64. The van der Waals surface area contributed by atoms with E-state index in [0.717, 1.165) is 31.2 Å². The summed E-state index contributed by atoms with van der Waals surface area (Å²) in [6.45, 7) is 8.11. The summed E-state index contributed by atoms with van der Waals surface area (Å²) in [4.78, 5) is 2.61. The lowest BCUT2D eigenvalue weighted by atomic mass is 9.97. The Balaban J connectivity index is 1.45. The maximum atomic E-state index is 6.09. The molecule has 1 saturated heterocycles. The first kappa shape index (κ1) is 14.9. The Morgan fingerprint density at radius 2 is 2.24 bits per heavy atom. The molecule has 2 unspecified atom stereocenters. The van der Waals surface area contributed by atoms with Crippen molar-refractivity contribution in [2.45, 2.75) is 38.7 Å². The van der Waals surface area contributed by atoms with E-state index in [9.17, 15) is 0 Å². The minimum Gasteiger partial charge on any atom is -0.488 e. The topological polar surface area (TPSA) is 24.5 Å². The Labute approximate surface area is 128 Å². The number of hydrogen-bond acceptors (Lipinski definition) is 3. The molecule has 1 aromatic carbocycles. The van der Waals surface area contributed by atoms with E-state index >= 15 is 0 Å². The molecule has 21 heavy (non-hydrogen) atoms. The van der Waals surface area contributed by atoms with Crippen molar-refractivity contribution in [3.8, 4) is 5.75 Å². The minimum atomic E-state index is 0.352. The van der Waals surface area contributed by atoms with E-state index in [0.29, 0.717) is 6.10 Å². The molecule has 116 valence electrons. The highest BCUT2D eigenvalue weighted by atomic mass is 16.5. The largest absolute Gasteiger partial charge is 0.488 e.